The molecule has 0 unspecified atom stereocenters. The number of nitriles is 1. The maximum atomic E-state index is 12.2. The molecular formula is C18H14N4O. The van der Waals surface area contributed by atoms with E-state index in [1.807, 2.05) is 31.2 Å². The van der Waals surface area contributed by atoms with E-state index in [0.717, 1.165) is 22.0 Å². The average molecular weight is 302 g/mol. The van der Waals surface area contributed by atoms with Crippen LogP contribution in [0.5, 0.6) is 0 Å². The molecule has 1 amide bonds. The smallest absolute Gasteiger partial charge is 0.288 e. The van der Waals surface area contributed by atoms with E-state index in [1.54, 1.807) is 24.3 Å². The van der Waals surface area contributed by atoms with Crippen LogP contribution in [0.3, 0.4) is 0 Å². The normalized spacial score (nSPS) is 10.8. The number of nitrogens with one attached hydrogen (secondary N) is 2. The van der Waals surface area contributed by atoms with Gasteiger partial charge in [0.1, 0.15) is 5.69 Å². The molecule has 0 bridgehead atoms. The Kier molecular flexibility index (Phi) is 3.89. The molecule has 2 N–H and O–H groups in total. The van der Waals surface area contributed by atoms with Crippen molar-refractivity contribution in [3.05, 3.63) is 70.9 Å². The zero-order valence-electron chi connectivity index (χ0n) is 12.5. The lowest BCUT2D eigenvalue weighted by molar-refractivity contribution is 0.0950. The molecule has 0 atom stereocenters. The number of hydrogen-bond donors (Lipinski definition) is 2. The number of carbonyl (C=O) groups excluding carboxylic acids is 1. The van der Waals surface area contributed by atoms with Crippen molar-refractivity contribution in [2.45, 2.75) is 6.92 Å². The van der Waals surface area contributed by atoms with E-state index in [2.05, 4.69) is 21.6 Å². The monoisotopic (exact) mass is 302 g/mol. The molecule has 0 radical (unpaired) electrons. The minimum absolute atomic E-state index is 0.288. The van der Waals surface area contributed by atoms with Crippen molar-refractivity contribution in [2.24, 2.45) is 5.10 Å². The Morgan fingerprint density at radius 2 is 1.96 bits per heavy atom. The van der Waals surface area contributed by atoms with Crippen LogP contribution in [0.1, 0.15) is 27.2 Å². The minimum atomic E-state index is -0.288. The fourth-order valence-electron chi connectivity index (χ4n) is 2.37. The van der Waals surface area contributed by atoms with Crippen molar-refractivity contribution in [1.82, 2.24) is 10.4 Å². The van der Waals surface area contributed by atoms with Crippen LogP contribution in [0.25, 0.3) is 10.9 Å². The highest BCUT2D eigenvalue weighted by Gasteiger charge is 2.13. The second kappa shape index (κ2) is 6.16. The van der Waals surface area contributed by atoms with Gasteiger partial charge < -0.3 is 4.98 Å². The Morgan fingerprint density at radius 3 is 2.65 bits per heavy atom. The molecular weight excluding hydrogens is 288 g/mol. The molecule has 0 saturated heterocycles. The first-order valence-electron chi connectivity index (χ1n) is 7.10. The molecule has 5 heteroatoms. The van der Waals surface area contributed by atoms with Gasteiger partial charge in [0.2, 0.25) is 0 Å². The van der Waals surface area contributed by atoms with Crippen LogP contribution in [0.4, 0.5) is 0 Å². The van der Waals surface area contributed by atoms with Gasteiger partial charge in [-0.1, -0.05) is 30.3 Å². The maximum Gasteiger partial charge on any atom is 0.288 e. The first kappa shape index (κ1) is 14.5. The summed E-state index contributed by atoms with van der Waals surface area (Å²) in [6, 6.07) is 16.7. The molecule has 0 saturated carbocycles. The van der Waals surface area contributed by atoms with Crippen molar-refractivity contribution in [1.29, 1.82) is 5.26 Å². The molecule has 0 spiro atoms. The number of carbonyl (C=O) groups is 1. The minimum Gasteiger partial charge on any atom is -0.350 e. The van der Waals surface area contributed by atoms with Crippen LogP contribution in [0.2, 0.25) is 0 Å². The summed E-state index contributed by atoms with van der Waals surface area (Å²) in [5.41, 5.74) is 6.22. The molecule has 112 valence electrons. The number of fused-ring (bicyclic) bond motifs is 1. The van der Waals surface area contributed by atoms with E-state index < -0.39 is 0 Å². The number of aromatic amines is 1. The summed E-state index contributed by atoms with van der Waals surface area (Å²) in [7, 11) is 0. The summed E-state index contributed by atoms with van der Waals surface area (Å²) in [5, 5.41) is 13.7. The van der Waals surface area contributed by atoms with E-state index in [-0.39, 0.29) is 5.91 Å². The molecule has 0 aliphatic rings. The third kappa shape index (κ3) is 2.97. The zero-order valence-corrected chi connectivity index (χ0v) is 12.5. The van der Waals surface area contributed by atoms with Crippen LogP contribution in [-0.4, -0.2) is 17.1 Å². The van der Waals surface area contributed by atoms with Gasteiger partial charge in [0.25, 0.3) is 5.91 Å². The molecule has 1 aromatic heterocycles. The summed E-state index contributed by atoms with van der Waals surface area (Å²) in [6.07, 6.45) is 1.54. The molecule has 3 rings (SSSR count). The number of hydrogen-bond acceptors (Lipinski definition) is 3. The van der Waals surface area contributed by atoms with Gasteiger partial charge in [-0.2, -0.15) is 10.4 Å². The number of amides is 1. The molecule has 3 aromatic rings. The van der Waals surface area contributed by atoms with E-state index >= 15 is 0 Å². The van der Waals surface area contributed by atoms with Crippen LogP contribution >= 0.6 is 0 Å². The summed E-state index contributed by atoms with van der Waals surface area (Å²) in [6.45, 7) is 1.90. The topological polar surface area (TPSA) is 81.0 Å². The predicted molar refractivity (Wildman–Crippen MR) is 89.3 cm³/mol. The van der Waals surface area contributed by atoms with E-state index in [1.165, 1.54) is 6.21 Å². The number of H-pyrrole nitrogens is 1. The first-order chi connectivity index (χ1) is 11.2. The molecule has 1 heterocycles. The van der Waals surface area contributed by atoms with Gasteiger partial charge in [0, 0.05) is 10.9 Å². The third-order valence-electron chi connectivity index (χ3n) is 3.61. The second-order valence-electron chi connectivity index (χ2n) is 5.10. The highest BCUT2D eigenvalue weighted by molar-refractivity contribution is 6.01. The number of aromatic nitrogens is 1. The number of rotatable bonds is 3. The van der Waals surface area contributed by atoms with Crippen LogP contribution in [-0.2, 0) is 0 Å². The van der Waals surface area contributed by atoms with Gasteiger partial charge >= 0.3 is 0 Å². The lowest BCUT2D eigenvalue weighted by Crippen LogP contribution is -2.18. The lowest BCUT2D eigenvalue weighted by Gasteiger charge is -1.99. The maximum absolute atomic E-state index is 12.2. The van der Waals surface area contributed by atoms with E-state index in [0.29, 0.717) is 11.3 Å². The quantitative estimate of drug-likeness (QED) is 0.575. The number of aryl methyl sites for hydroxylation is 1. The molecule has 5 nitrogen and oxygen atoms in total. The predicted octanol–water partition coefficient (Wildman–Crippen LogP) is 3.11. The van der Waals surface area contributed by atoms with Crippen LogP contribution in [0.15, 0.2) is 53.6 Å². The van der Waals surface area contributed by atoms with E-state index in [9.17, 15) is 4.79 Å². The van der Waals surface area contributed by atoms with Crippen molar-refractivity contribution in [2.75, 3.05) is 0 Å². The van der Waals surface area contributed by atoms with Crippen molar-refractivity contribution >= 4 is 23.0 Å². The summed E-state index contributed by atoms with van der Waals surface area (Å²) in [5.74, 6) is -0.288. The Hall–Kier alpha value is -3.39. The lowest BCUT2D eigenvalue weighted by atomic mass is 10.1. The molecule has 2 aromatic carbocycles. The van der Waals surface area contributed by atoms with Crippen molar-refractivity contribution < 1.29 is 4.79 Å². The van der Waals surface area contributed by atoms with Crippen LogP contribution < -0.4 is 5.43 Å². The van der Waals surface area contributed by atoms with Gasteiger partial charge in [0.05, 0.1) is 17.8 Å². The van der Waals surface area contributed by atoms with Gasteiger partial charge in [-0.05, 0) is 36.2 Å². The van der Waals surface area contributed by atoms with Gasteiger partial charge in [0.15, 0.2) is 0 Å². The van der Waals surface area contributed by atoms with Crippen molar-refractivity contribution in [3.8, 4) is 6.07 Å². The Balaban J connectivity index is 1.74. The number of benzene rings is 2. The summed E-state index contributed by atoms with van der Waals surface area (Å²) < 4.78 is 0. The highest BCUT2D eigenvalue weighted by atomic mass is 16.2. The summed E-state index contributed by atoms with van der Waals surface area (Å²) in [4.78, 5) is 15.3. The Labute approximate surface area is 133 Å². The fraction of sp³-hybridized carbons (Fsp3) is 0.0556. The molecule has 0 aliphatic heterocycles. The van der Waals surface area contributed by atoms with Gasteiger partial charge in [-0.15, -0.1) is 0 Å². The molecule has 0 fully saturated rings. The summed E-state index contributed by atoms with van der Waals surface area (Å²) >= 11 is 0. The highest BCUT2D eigenvalue weighted by Crippen LogP contribution is 2.20. The molecule has 0 aliphatic carbocycles. The SMILES string of the molecule is Cc1c(C(=O)N/N=C\c2ccc(C#N)cc2)[nH]c2ccccc12. The standard InChI is InChI=1S/C18H14N4O/c1-12-15-4-2-3-5-16(15)21-17(12)18(23)22-20-11-14-8-6-13(10-19)7-9-14/h2-9,11,21H,1H3,(H,22,23)/b20-11-. The largest absolute Gasteiger partial charge is 0.350 e. The first-order valence-corrected chi connectivity index (χ1v) is 7.10. The average Bonchev–Trinajstić information content (AvgIpc) is 2.93. The number of para-hydroxylation sites is 1. The van der Waals surface area contributed by atoms with E-state index in [4.69, 9.17) is 5.26 Å². The number of hydrazone groups is 1. The third-order valence-corrected chi connectivity index (χ3v) is 3.61. The van der Waals surface area contributed by atoms with Gasteiger partial charge in [-0.25, -0.2) is 5.43 Å². The second-order valence-corrected chi connectivity index (χ2v) is 5.10. The zero-order chi connectivity index (χ0) is 16.2. The van der Waals surface area contributed by atoms with Crippen molar-refractivity contribution in [3.63, 3.8) is 0 Å². The van der Waals surface area contributed by atoms with Crippen LogP contribution in [0, 0.1) is 18.3 Å². The Morgan fingerprint density at radius 1 is 1.22 bits per heavy atom. The van der Waals surface area contributed by atoms with Gasteiger partial charge in [-0.3, -0.25) is 4.79 Å². The fourth-order valence-corrected chi connectivity index (χ4v) is 2.37. The number of nitrogens with zero attached hydrogens (tertiary/aromatic N) is 2. The molecule has 23 heavy (non-hydrogen) atoms. The Bertz CT molecular complexity index is 930.